The largest absolute Gasteiger partial charge is 0.470 e. The summed E-state index contributed by atoms with van der Waals surface area (Å²) in [5.74, 6) is 0.226. The number of esters is 2. The van der Waals surface area contributed by atoms with Crippen LogP contribution >= 0.6 is 23.5 Å². The Morgan fingerprint density at radius 2 is 1.86 bits per heavy atom. The van der Waals surface area contributed by atoms with E-state index in [1.54, 1.807) is 19.9 Å². The Morgan fingerprint density at radius 1 is 1.17 bits per heavy atom. The monoisotopic (exact) mass is 517 g/mol. The normalized spacial score (nSPS) is 21.1. The van der Waals surface area contributed by atoms with Gasteiger partial charge in [0, 0.05) is 11.3 Å². The second kappa shape index (κ2) is 12.3. The zero-order valence-corrected chi connectivity index (χ0v) is 22.7. The summed E-state index contributed by atoms with van der Waals surface area (Å²) >= 11 is 2.61. The molecule has 0 unspecified atom stereocenters. The van der Waals surface area contributed by atoms with Crippen LogP contribution in [0.5, 0.6) is 5.75 Å². The summed E-state index contributed by atoms with van der Waals surface area (Å²) in [6, 6.07) is 3.70. The van der Waals surface area contributed by atoms with Crippen LogP contribution in [0, 0.1) is 25.3 Å². The molecule has 190 valence electrons. The maximum Gasteiger partial charge on any atom is 0.338 e. The molecule has 0 amide bonds. The summed E-state index contributed by atoms with van der Waals surface area (Å²) in [6.07, 6.45) is 7.87. The highest BCUT2D eigenvalue weighted by molar-refractivity contribution is 8.24. The third-order valence-electron chi connectivity index (χ3n) is 6.46. The van der Waals surface area contributed by atoms with Gasteiger partial charge in [-0.25, -0.2) is 4.85 Å². The van der Waals surface area contributed by atoms with Gasteiger partial charge in [-0.1, -0.05) is 55.8 Å². The minimum absolute atomic E-state index is 0.0273. The lowest BCUT2D eigenvalue weighted by atomic mass is 9.80. The quantitative estimate of drug-likeness (QED) is 0.165. The van der Waals surface area contributed by atoms with Crippen molar-refractivity contribution in [1.29, 1.82) is 0 Å². The zero-order chi connectivity index (χ0) is 25.6. The van der Waals surface area contributed by atoms with E-state index in [9.17, 15) is 14.7 Å². The van der Waals surface area contributed by atoms with E-state index in [1.807, 2.05) is 13.0 Å². The molecule has 1 fully saturated rings. The van der Waals surface area contributed by atoms with Crippen LogP contribution in [0.3, 0.4) is 0 Å². The predicted octanol–water partition coefficient (Wildman–Crippen LogP) is 6.89. The maximum atomic E-state index is 13.0. The second-order valence-electron chi connectivity index (χ2n) is 9.97. The van der Waals surface area contributed by atoms with E-state index in [0.29, 0.717) is 9.99 Å². The molecule has 3 rings (SSSR count). The van der Waals surface area contributed by atoms with Crippen molar-refractivity contribution in [3.8, 4) is 5.75 Å². The number of fused-ring (bicyclic) bond motifs is 1. The molecule has 1 aromatic rings. The van der Waals surface area contributed by atoms with Gasteiger partial charge in [0.2, 0.25) is 0 Å². The number of hydrogen-bond acceptors (Lipinski definition) is 7. The molecule has 0 spiro atoms. The average Bonchev–Trinajstić information content (AvgIpc) is 3.25. The molecule has 1 heterocycles. The fraction of sp³-hybridized carbons (Fsp3) is 0.593. The molecule has 2 aliphatic rings. The molecule has 35 heavy (non-hydrogen) atoms. The van der Waals surface area contributed by atoms with Gasteiger partial charge in [0.15, 0.2) is 0 Å². The molecule has 0 radical (unpaired) electrons. The first-order chi connectivity index (χ1) is 16.6. The number of carbonyl (C=O) groups is 2. The first-order valence-electron chi connectivity index (χ1n) is 12.3. The van der Waals surface area contributed by atoms with Crippen LogP contribution < -0.4 is 4.74 Å². The average molecular weight is 518 g/mol. The summed E-state index contributed by atoms with van der Waals surface area (Å²) in [5.41, 5.74) is -0.0545. The summed E-state index contributed by atoms with van der Waals surface area (Å²) in [4.78, 5) is 30.6. The number of unbranched alkanes of at least 4 members (excludes halogenated alkanes) is 1. The van der Waals surface area contributed by atoms with Gasteiger partial charge in [-0.2, -0.15) is 0 Å². The molecule has 1 aliphatic carbocycles. The first kappa shape index (κ1) is 27.6. The smallest absolute Gasteiger partial charge is 0.338 e. The molecule has 1 saturated carbocycles. The molecule has 0 bridgehead atoms. The number of ether oxygens (including phenoxy) is 2. The number of carbonyl (C=O) groups excluding carboxylic acids is 2. The summed E-state index contributed by atoms with van der Waals surface area (Å²) in [7, 11) is 0. The van der Waals surface area contributed by atoms with E-state index in [4.69, 9.17) is 16.0 Å². The van der Waals surface area contributed by atoms with Crippen molar-refractivity contribution in [1.82, 2.24) is 0 Å². The van der Waals surface area contributed by atoms with Crippen molar-refractivity contribution in [2.24, 2.45) is 11.8 Å². The van der Waals surface area contributed by atoms with Crippen molar-refractivity contribution in [2.45, 2.75) is 94.5 Å². The highest BCUT2D eigenvalue weighted by atomic mass is 32.2. The van der Waals surface area contributed by atoms with Gasteiger partial charge < -0.3 is 14.6 Å². The molecule has 0 atom stereocenters. The molecule has 0 saturated heterocycles. The maximum absolute atomic E-state index is 13.0. The van der Waals surface area contributed by atoms with Crippen LogP contribution in [0.15, 0.2) is 31.9 Å². The Balaban J connectivity index is 1.69. The van der Waals surface area contributed by atoms with Gasteiger partial charge in [-0.3, -0.25) is 9.59 Å². The fourth-order valence-electron chi connectivity index (χ4n) is 4.26. The molecular formula is C27H35NO5S2. The molecule has 1 aliphatic heterocycles. The Bertz CT molecular complexity index is 1010. The number of hydrogen-bond donors (Lipinski definition) is 1. The van der Waals surface area contributed by atoms with Gasteiger partial charge in [0.05, 0.1) is 33.8 Å². The minimum Gasteiger partial charge on any atom is -0.470 e. The van der Waals surface area contributed by atoms with Crippen LogP contribution in [-0.2, 0) is 14.3 Å². The van der Waals surface area contributed by atoms with Crippen LogP contribution in [0.2, 0.25) is 0 Å². The van der Waals surface area contributed by atoms with E-state index in [0.717, 1.165) is 47.0 Å². The Morgan fingerprint density at radius 3 is 2.49 bits per heavy atom. The van der Waals surface area contributed by atoms with Crippen LogP contribution in [0.25, 0.3) is 4.85 Å². The standard InChI is InChI=1S/C27H35NO5S2/c1-6-7-8-18-10-12-19(13-11-18)24(29)33-20-14-9-17(2)22-23(20)35-26(34-22)21(28-5)25(30)32-16-15-27(3,4)31/h9,14,18-19,31H,6-8,10-13,15-16H2,1-4H3/b26-21+. The number of aliphatic hydroxyl groups is 1. The summed E-state index contributed by atoms with van der Waals surface area (Å²) < 4.78 is 11.6. The van der Waals surface area contributed by atoms with Crippen molar-refractivity contribution < 1.29 is 24.2 Å². The highest BCUT2D eigenvalue weighted by Gasteiger charge is 2.32. The van der Waals surface area contributed by atoms with Crippen molar-refractivity contribution in [2.75, 3.05) is 6.61 Å². The van der Waals surface area contributed by atoms with E-state index in [-0.39, 0.29) is 30.6 Å². The van der Waals surface area contributed by atoms with Gasteiger partial charge in [-0.15, -0.1) is 0 Å². The number of rotatable bonds is 9. The van der Waals surface area contributed by atoms with Crippen molar-refractivity contribution in [3.63, 3.8) is 0 Å². The van der Waals surface area contributed by atoms with E-state index < -0.39 is 11.6 Å². The highest BCUT2D eigenvalue weighted by Crippen LogP contribution is 2.57. The van der Waals surface area contributed by atoms with Crippen molar-refractivity contribution in [3.05, 3.63) is 39.0 Å². The minimum atomic E-state index is -0.955. The number of thioether (sulfide) groups is 2. The van der Waals surface area contributed by atoms with Gasteiger partial charge >= 0.3 is 11.9 Å². The number of nitrogens with zero attached hydrogens (tertiary/aromatic N) is 1. The topological polar surface area (TPSA) is 77.2 Å². The van der Waals surface area contributed by atoms with Gasteiger partial charge in [-0.05, 0) is 64.0 Å². The van der Waals surface area contributed by atoms with Crippen LogP contribution in [0.4, 0.5) is 0 Å². The van der Waals surface area contributed by atoms with Crippen LogP contribution in [-0.4, -0.2) is 29.3 Å². The molecular weight excluding hydrogens is 482 g/mol. The fourth-order valence-corrected chi connectivity index (χ4v) is 6.88. The van der Waals surface area contributed by atoms with E-state index in [1.165, 1.54) is 42.8 Å². The SMILES string of the molecule is [C-]#[N+]/C(C(=O)OCCC(C)(C)O)=C1\Sc2c(C)ccc(OC(=O)C3CCC(CCCC)CC3)c2S1. The number of aryl methyl sites for hydroxylation is 1. The third kappa shape index (κ3) is 7.52. The van der Waals surface area contributed by atoms with Crippen molar-refractivity contribution >= 4 is 35.5 Å². The van der Waals surface area contributed by atoms with E-state index in [2.05, 4.69) is 11.8 Å². The van der Waals surface area contributed by atoms with E-state index >= 15 is 0 Å². The second-order valence-corrected chi connectivity index (χ2v) is 12.3. The summed E-state index contributed by atoms with van der Waals surface area (Å²) in [6.45, 7) is 15.0. The lowest BCUT2D eigenvalue weighted by molar-refractivity contribution is -0.141. The molecule has 1 N–H and O–H groups in total. The molecule has 1 aromatic carbocycles. The molecule has 0 aromatic heterocycles. The zero-order valence-electron chi connectivity index (χ0n) is 21.0. The predicted molar refractivity (Wildman–Crippen MR) is 139 cm³/mol. The lowest BCUT2D eigenvalue weighted by Crippen LogP contribution is -2.25. The Hall–Kier alpha value is -1.95. The first-order valence-corrected chi connectivity index (χ1v) is 14.0. The third-order valence-corrected chi connectivity index (χ3v) is 9.19. The Labute approximate surface area is 217 Å². The summed E-state index contributed by atoms with van der Waals surface area (Å²) in [5, 5.41) is 9.82. The van der Waals surface area contributed by atoms with Gasteiger partial charge in [0.25, 0.3) is 5.70 Å². The van der Waals surface area contributed by atoms with Crippen LogP contribution in [0.1, 0.15) is 77.7 Å². The van der Waals surface area contributed by atoms with Gasteiger partial charge in [0.1, 0.15) is 5.75 Å². The number of benzene rings is 1. The Kier molecular flexibility index (Phi) is 9.74. The molecule has 6 nitrogen and oxygen atoms in total. The lowest BCUT2D eigenvalue weighted by Gasteiger charge is -2.27. The molecule has 8 heteroatoms.